The van der Waals surface area contributed by atoms with Crippen molar-refractivity contribution in [2.45, 2.75) is 105 Å². The molecule has 4 rings (SSSR count). The van der Waals surface area contributed by atoms with Crippen molar-refractivity contribution in [3.63, 3.8) is 0 Å². The van der Waals surface area contributed by atoms with Crippen LogP contribution in [0.5, 0.6) is 0 Å². The van der Waals surface area contributed by atoms with Gasteiger partial charge >= 0.3 is 0 Å². The molecule has 7 atom stereocenters. The summed E-state index contributed by atoms with van der Waals surface area (Å²) in [6, 6.07) is 0. The van der Waals surface area contributed by atoms with Crippen LogP contribution >= 0.6 is 0 Å². The number of Topliss-reactive ketones (excluding diaryl/α,β-unsaturated/α-hetero) is 1. The zero-order valence-corrected chi connectivity index (χ0v) is 21.7. The predicted octanol–water partition coefficient (Wildman–Crippen LogP) is 6.18. The molecule has 0 amide bonds. The average molecular weight is 457 g/mol. The van der Waals surface area contributed by atoms with Gasteiger partial charge in [0.25, 0.3) is 0 Å². The minimum absolute atomic E-state index is 0.00791. The van der Waals surface area contributed by atoms with Gasteiger partial charge in [-0.05, 0) is 86.0 Å². The summed E-state index contributed by atoms with van der Waals surface area (Å²) in [6.45, 7) is 17.5. The Morgan fingerprint density at radius 1 is 1.15 bits per heavy atom. The highest BCUT2D eigenvalue weighted by Gasteiger charge is 2.75. The molecule has 3 saturated carbocycles. The van der Waals surface area contributed by atoms with E-state index in [0.29, 0.717) is 12.8 Å². The molecule has 0 heterocycles. The van der Waals surface area contributed by atoms with E-state index in [2.05, 4.69) is 40.3 Å². The van der Waals surface area contributed by atoms with Gasteiger partial charge in [-0.3, -0.25) is 9.59 Å². The van der Waals surface area contributed by atoms with Gasteiger partial charge in [-0.25, -0.2) is 0 Å². The zero-order valence-electron chi connectivity index (χ0n) is 21.7. The maximum absolute atomic E-state index is 13.4. The Hall–Kier alpha value is -1.26. The standard InChI is InChI=1S/C29H44O4/c1-8-28(7,32)33-19-23(31)22-12-15-26(5)25(22,4)16-17-29(9-2)24(3)13-11-21(30)18-20(24)10-14-27(26,29)6/h9,18,22,32H,2,8,10-17,19H2,1,3-7H3. The summed E-state index contributed by atoms with van der Waals surface area (Å²) in [5.74, 6) is -0.900. The molecule has 184 valence electrons. The second-order valence-corrected chi connectivity index (χ2v) is 12.6. The number of aliphatic hydroxyl groups is 1. The fourth-order valence-corrected chi connectivity index (χ4v) is 9.09. The summed E-state index contributed by atoms with van der Waals surface area (Å²) in [7, 11) is 0. The summed E-state index contributed by atoms with van der Waals surface area (Å²) < 4.78 is 5.63. The van der Waals surface area contributed by atoms with Crippen LogP contribution in [0.3, 0.4) is 0 Å². The summed E-state index contributed by atoms with van der Waals surface area (Å²) in [6.07, 6.45) is 12.0. The lowest BCUT2D eigenvalue weighted by Crippen LogP contribution is -2.67. The minimum atomic E-state index is -1.26. The van der Waals surface area contributed by atoms with E-state index < -0.39 is 5.79 Å². The van der Waals surface area contributed by atoms with Crippen LogP contribution in [0.15, 0.2) is 24.3 Å². The highest BCUT2D eigenvalue weighted by molar-refractivity contribution is 5.91. The van der Waals surface area contributed by atoms with Crippen LogP contribution in [0.4, 0.5) is 0 Å². The first kappa shape index (κ1) is 24.9. The monoisotopic (exact) mass is 456 g/mol. The number of hydrogen-bond acceptors (Lipinski definition) is 4. The Morgan fingerprint density at radius 3 is 2.48 bits per heavy atom. The van der Waals surface area contributed by atoms with Gasteiger partial charge in [0.05, 0.1) is 0 Å². The molecule has 7 unspecified atom stereocenters. The second kappa shape index (κ2) is 7.62. The molecule has 4 aliphatic carbocycles. The van der Waals surface area contributed by atoms with Crippen LogP contribution in [-0.2, 0) is 14.3 Å². The number of hydrogen-bond donors (Lipinski definition) is 1. The third-order valence-electron chi connectivity index (χ3n) is 11.9. The van der Waals surface area contributed by atoms with Gasteiger partial charge in [-0.2, -0.15) is 0 Å². The number of rotatable bonds is 6. The third-order valence-corrected chi connectivity index (χ3v) is 11.9. The first-order valence-corrected chi connectivity index (χ1v) is 13.0. The molecular formula is C29H44O4. The molecule has 0 aromatic heterocycles. The van der Waals surface area contributed by atoms with E-state index in [0.717, 1.165) is 44.9 Å². The lowest BCUT2D eigenvalue weighted by molar-refractivity contribution is -0.217. The van der Waals surface area contributed by atoms with Gasteiger partial charge < -0.3 is 9.84 Å². The van der Waals surface area contributed by atoms with Gasteiger partial charge in [-0.1, -0.05) is 46.3 Å². The number of ketones is 2. The first-order valence-electron chi connectivity index (χ1n) is 13.0. The van der Waals surface area contributed by atoms with Crippen LogP contribution in [0.25, 0.3) is 0 Å². The number of ether oxygens (including phenoxy) is 1. The quantitative estimate of drug-likeness (QED) is 0.383. The maximum atomic E-state index is 13.4. The molecular weight excluding hydrogens is 412 g/mol. The van der Waals surface area contributed by atoms with Gasteiger partial charge in [0, 0.05) is 17.8 Å². The van der Waals surface area contributed by atoms with Crippen LogP contribution in [0.2, 0.25) is 0 Å². The smallest absolute Gasteiger partial charge is 0.162 e. The van der Waals surface area contributed by atoms with Crippen molar-refractivity contribution < 1.29 is 19.4 Å². The predicted molar refractivity (Wildman–Crippen MR) is 130 cm³/mol. The fraction of sp³-hybridized carbons (Fsp3) is 0.793. The van der Waals surface area contributed by atoms with Crippen LogP contribution in [0.1, 0.15) is 99.3 Å². The van der Waals surface area contributed by atoms with E-state index in [1.54, 1.807) is 6.92 Å². The van der Waals surface area contributed by atoms with Crippen LogP contribution < -0.4 is 0 Å². The van der Waals surface area contributed by atoms with Crippen molar-refractivity contribution in [3.05, 3.63) is 24.3 Å². The van der Waals surface area contributed by atoms with Crippen LogP contribution in [0, 0.1) is 33.0 Å². The zero-order chi connectivity index (χ0) is 24.5. The lowest BCUT2D eigenvalue weighted by atomic mass is 9.30. The molecule has 0 spiro atoms. The molecule has 4 heteroatoms. The second-order valence-electron chi connectivity index (χ2n) is 12.6. The fourth-order valence-electron chi connectivity index (χ4n) is 9.09. The number of allylic oxidation sites excluding steroid dienone is 2. The Bertz CT molecular complexity index is 901. The Labute approximate surface area is 200 Å². The summed E-state index contributed by atoms with van der Waals surface area (Å²) in [4.78, 5) is 25.7. The van der Waals surface area contributed by atoms with Crippen molar-refractivity contribution in [2.75, 3.05) is 6.61 Å². The summed E-state index contributed by atoms with van der Waals surface area (Å²) >= 11 is 0. The number of carbonyl (C=O) groups is 2. The number of fused-ring (bicyclic) bond motifs is 5. The lowest BCUT2D eigenvalue weighted by Gasteiger charge is -2.73. The Balaban J connectivity index is 1.72. The normalized spacial score (nSPS) is 46.5. The van der Waals surface area contributed by atoms with E-state index in [1.165, 1.54) is 5.57 Å². The van der Waals surface area contributed by atoms with Crippen LogP contribution in [-0.4, -0.2) is 29.1 Å². The van der Waals surface area contributed by atoms with Gasteiger partial charge in [0.15, 0.2) is 17.4 Å². The minimum Gasteiger partial charge on any atom is -0.366 e. The van der Waals surface area contributed by atoms with Crippen molar-refractivity contribution in [1.29, 1.82) is 0 Å². The van der Waals surface area contributed by atoms with E-state index in [4.69, 9.17) is 4.74 Å². The Morgan fingerprint density at radius 2 is 1.85 bits per heavy atom. The molecule has 1 N–H and O–H groups in total. The number of carbonyl (C=O) groups excluding carboxylic acids is 2. The highest BCUT2D eigenvalue weighted by Crippen LogP contribution is 2.81. The summed E-state index contributed by atoms with van der Waals surface area (Å²) in [5.41, 5.74) is 1.05. The molecule has 0 saturated heterocycles. The van der Waals surface area contributed by atoms with E-state index >= 15 is 0 Å². The average Bonchev–Trinajstić information content (AvgIpc) is 3.05. The van der Waals surface area contributed by atoms with E-state index in [-0.39, 0.29) is 51.2 Å². The van der Waals surface area contributed by atoms with Gasteiger partial charge in [0.1, 0.15) is 6.61 Å². The molecule has 0 aromatic carbocycles. The highest BCUT2D eigenvalue weighted by atomic mass is 16.6. The first-order chi connectivity index (χ1) is 15.3. The molecule has 0 aliphatic heterocycles. The van der Waals surface area contributed by atoms with Crippen molar-refractivity contribution in [2.24, 2.45) is 33.0 Å². The van der Waals surface area contributed by atoms with Crippen molar-refractivity contribution >= 4 is 11.6 Å². The van der Waals surface area contributed by atoms with Gasteiger partial charge in [-0.15, -0.1) is 6.58 Å². The summed E-state index contributed by atoms with van der Waals surface area (Å²) in [5, 5.41) is 10.3. The topological polar surface area (TPSA) is 63.6 Å². The Kier molecular flexibility index (Phi) is 5.74. The van der Waals surface area contributed by atoms with E-state index in [9.17, 15) is 14.7 Å². The SMILES string of the molecule is C=CC12CCC3(C)C(C(=O)COC(C)(O)CC)CCC3(C)C1(C)CCC1=CC(=O)CCC12C. The van der Waals surface area contributed by atoms with Gasteiger partial charge in [0.2, 0.25) is 0 Å². The molecule has 33 heavy (non-hydrogen) atoms. The van der Waals surface area contributed by atoms with E-state index in [1.807, 2.05) is 13.0 Å². The van der Waals surface area contributed by atoms with Crippen molar-refractivity contribution in [1.82, 2.24) is 0 Å². The van der Waals surface area contributed by atoms with Crippen molar-refractivity contribution in [3.8, 4) is 0 Å². The molecule has 0 aromatic rings. The molecule has 0 radical (unpaired) electrons. The largest absolute Gasteiger partial charge is 0.366 e. The molecule has 3 fully saturated rings. The molecule has 4 nitrogen and oxygen atoms in total. The maximum Gasteiger partial charge on any atom is 0.162 e. The molecule has 0 bridgehead atoms. The third kappa shape index (κ3) is 3.02. The molecule has 4 aliphatic rings.